The molecule has 2 rings (SSSR count). The van der Waals surface area contributed by atoms with Crippen LogP contribution >= 0.6 is 0 Å². The van der Waals surface area contributed by atoms with Gasteiger partial charge in [0.15, 0.2) is 0 Å². The third-order valence-electron chi connectivity index (χ3n) is 3.18. The van der Waals surface area contributed by atoms with Crippen LogP contribution < -0.4 is 0 Å². The number of carboxylic acid groups (broad SMARTS) is 1. The third kappa shape index (κ3) is 2.06. The molecular weight excluding hydrogens is 196 g/mol. The number of nitrogens with zero attached hydrogens (tertiary/aromatic N) is 2. The Morgan fingerprint density at radius 1 is 1.33 bits per heavy atom. The van der Waals surface area contributed by atoms with Crippen molar-refractivity contribution in [1.82, 2.24) is 9.80 Å². The first-order valence-corrected chi connectivity index (χ1v) is 5.46. The molecule has 0 radical (unpaired) electrons. The second-order valence-electron chi connectivity index (χ2n) is 4.23. The number of aliphatic carboxylic acids is 1. The molecule has 2 amide bonds. The topological polar surface area (TPSA) is 60.9 Å². The van der Waals surface area contributed by atoms with Crippen molar-refractivity contribution in [3.63, 3.8) is 0 Å². The van der Waals surface area contributed by atoms with E-state index in [4.69, 9.17) is 5.11 Å². The van der Waals surface area contributed by atoms with Crippen molar-refractivity contribution >= 4 is 12.0 Å². The zero-order chi connectivity index (χ0) is 10.8. The van der Waals surface area contributed by atoms with E-state index in [0.29, 0.717) is 12.6 Å². The van der Waals surface area contributed by atoms with Gasteiger partial charge in [0.1, 0.15) is 6.54 Å². The fourth-order valence-corrected chi connectivity index (χ4v) is 2.15. The summed E-state index contributed by atoms with van der Waals surface area (Å²) in [6, 6.07) is 0.280. The lowest BCUT2D eigenvalue weighted by molar-refractivity contribution is -0.138. The maximum atomic E-state index is 11.9. The Labute approximate surface area is 88.6 Å². The van der Waals surface area contributed by atoms with Gasteiger partial charge >= 0.3 is 12.0 Å². The lowest BCUT2D eigenvalue weighted by Gasteiger charge is -2.43. The Kier molecular flexibility index (Phi) is 2.79. The smallest absolute Gasteiger partial charge is 0.323 e. The molecule has 0 aromatic heterocycles. The van der Waals surface area contributed by atoms with Crippen LogP contribution in [0.4, 0.5) is 4.79 Å². The molecule has 5 nitrogen and oxygen atoms in total. The first-order valence-electron chi connectivity index (χ1n) is 5.46. The number of carbonyl (C=O) groups excluding carboxylic acids is 1. The molecule has 0 atom stereocenters. The van der Waals surface area contributed by atoms with Crippen LogP contribution in [0.2, 0.25) is 0 Å². The number of carboxylic acids is 1. The zero-order valence-electron chi connectivity index (χ0n) is 8.69. The van der Waals surface area contributed by atoms with E-state index in [9.17, 15) is 9.59 Å². The molecular formula is C10H16N2O3. The van der Waals surface area contributed by atoms with Crippen molar-refractivity contribution in [2.45, 2.75) is 31.7 Å². The fraction of sp³-hybridized carbons (Fsp3) is 0.800. The number of rotatable bonds is 3. The number of carbonyl (C=O) groups is 2. The number of amides is 2. The molecule has 1 saturated carbocycles. The van der Waals surface area contributed by atoms with Gasteiger partial charge < -0.3 is 14.9 Å². The van der Waals surface area contributed by atoms with Crippen LogP contribution in [0.1, 0.15) is 25.7 Å². The molecule has 2 fully saturated rings. The molecule has 1 saturated heterocycles. The van der Waals surface area contributed by atoms with Gasteiger partial charge in [0.25, 0.3) is 0 Å². The van der Waals surface area contributed by atoms with Gasteiger partial charge in [0, 0.05) is 19.1 Å². The Morgan fingerprint density at radius 2 is 2.07 bits per heavy atom. The first-order chi connectivity index (χ1) is 7.18. The third-order valence-corrected chi connectivity index (χ3v) is 3.18. The van der Waals surface area contributed by atoms with Gasteiger partial charge in [-0.15, -0.1) is 0 Å². The lowest BCUT2D eigenvalue weighted by Crippen LogP contribution is -2.55. The van der Waals surface area contributed by atoms with E-state index >= 15 is 0 Å². The average molecular weight is 212 g/mol. The Bertz CT molecular complexity index is 276. The molecule has 15 heavy (non-hydrogen) atoms. The Balaban J connectivity index is 1.96. The van der Waals surface area contributed by atoms with E-state index in [0.717, 1.165) is 25.8 Å². The summed E-state index contributed by atoms with van der Waals surface area (Å²) in [5.41, 5.74) is 0. The van der Waals surface area contributed by atoms with Crippen LogP contribution in [0.5, 0.6) is 0 Å². The van der Waals surface area contributed by atoms with E-state index in [1.54, 1.807) is 0 Å². The van der Waals surface area contributed by atoms with E-state index in [1.165, 1.54) is 11.3 Å². The number of hydrogen-bond donors (Lipinski definition) is 1. The minimum Gasteiger partial charge on any atom is -0.480 e. The molecule has 1 heterocycles. The summed E-state index contributed by atoms with van der Waals surface area (Å²) in [5.74, 6) is -0.932. The second-order valence-corrected chi connectivity index (χ2v) is 4.23. The van der Waals surface area contributed by atoms with Crippen molar-refractivity contribution in [2.75, 3.05) is 19.6 Å². The van der Waals surface area contributed by atoms with Gasteiger partial charge in [-0.25, -0.2) is 4.79 Å². The summed E-state index contributed by atoms with van der Waals surface area (Å²) in [5, 5.41) is 8.67. The highest BCUT2D eigenvalue weighted by Gasteiger charge is 2.34. The van der Waals surface area contributed by atoms with Crippen LogP contribution in [-0.2, 0) is 4.79 Å². The van der Waals surface area contributed by atoms with Crippen LogP contribution in [0.15, 0.2) is 0 Å². The first kappa shape index (κ1) is 10.3. The molecule has 5 heteroatoms. The molecule has 2 aliphatic rings. The minimum atomic E-state index is -0.932. The quantitative estimate of drug-likeness (QED) is 0.751. The van der Waals surface area contributed by atoms with Crippen molar-refractivity contribution in [1.29, 1.82) is 0 Å². The lowest BCUT2D eigenvalue weighted by atomic mass is 9.91. The summed E-state index contributed by atoms with van der Waals surface area (Å²) in [6.45, 7) is 1.20. The summed E-state index contributed by atoms with van der Waals surface area (Å²) in [4.78, 5) is 25.7. The maximum Gasteiger partial charge on any atom is 0.323 e. The SMILES string of the molecule is O=C(O)CN1CCCN(C2CCC2)C1=O. The normalized spacial score (nSPS) is 22.8. The molecule has 0 aromatic carbocycles. The predicted octanol–water partition coefficient (Wildman–Crippen LogP) is 0.751. The van der Waals surface area contributed by atoms with Crippen molar-refractivity contribution < 1.29 is 14.7 Å². The molecule has 0 bridgehead atoms. The number of urea groups is 1. The molecule has 1 aliphatic heterocycles. The van der Waals surface area contributed by atoms with E-state index in [2.05, 4.69) is 0 Å². The van der Waals surface area contributed by atoms with Crippen molar-refractivity contribution in [3.05, 3.63) is 0 Å². The predicted molar refractivity (Wildman–Crippen MR) is 53.6 cm³/mol. The highest BCUT2D eigenvalue weighted by molar-refractivity contribution is 5.81. The molecule has 0 spiro atoms. The standard InChI is InChI=1S/C10H16N2O3/c13-9(14)7-11-5-2-6-12(10(11)15)8-3-1-4-8/h8H,1-7H2,(H,13,14). The zero-order valence-corrected chi connectivity index (χ0v) is 8.69. The van der Waals surface area contributed by atoms with Gasteiger partial charge in [0.2, 0.25) is 0 Å². The summed E-state index contributed by atoms with van der Waals surface area (Å²) in [6.07, 6.45) is 4.22. The summed E-state index contributed by atoms with van der Waals surface area (Å²) >= 11 is 0. The minimum absolute atomic E-state index is 0.0895. The van der Waals surface area contributed by atoms with Crippen molar-refractivity contribution in [3.8, 4) is 0 Å². The van der Waals surface area contributed by atoms with Gasteiger partial charge in [-0.05, 0) is 25.7 Å². The van der Waals surface area contributed by atoms with Crippen LogP contribution in [0, 0.1) is 0 Å². The molecule has 84 valence electrons. The Morgan fingerprint density at radius 3 is 2.60 bits per heavy atom. The summed E-state index contributed by atoms with van der Waals surface area (Å²) < 4.78 is 0. The number of hydrogen-bond acceptors (Lipinski definition) is 2. The average Bonchev–Trinajstić information content (AvgIpc) is 2.08. The highest BCUT2D eigenvalue weighted by atomic mass is 16.4. The van der Waals surface area contributed by atoms with Crippen LogP contribution in [-0.4, -0.2) is 52.6 Å². The van der Waals surface area contributed by atoms with Crippen LogP contribution in [0.3, 0.4) is 0 Å². The molecule has 0 aromatic rings. The van der Waals surface area contributed by atoms with E-state index in [-0.39, 0.29) is 12.6 Å². The maximum absolute atomic E-state index is 11.9. The molecule has 1 aliphatic carbocycles. The fourth-order valence-electron chi connectivity index (χ4n) is 2.15. The van der Waals surface area contributed by atoms with E-state index < -0.39 is 5.97 Å². The monoisotopic (exact) mass is 212 g/mol. The second kappa shape index (κ2) is 4.08. The largest absolute Gasteiger partial charge is 0.480 e. The van der Waals surface area contributed by atoms with E-state index in [1.807, 2.05) is 4.90 Å². The van der Waals surface area contributed by atoms with Crippen molar-refractivity contribution in [2.24, 2.45) is 0 Å². The Hall–Kier alpha value is -1.26. The molecule has 1 N–H and O–H groups in total. The van der Waals surface area contributed by atoms with Gasteiger partial charge in [-0.2, -0.15) is 0 Å². The highest BCUT2D eigenvalue weighted by Crippen LogP contribution is 2.27. The van der Waals surface area contributed by atoms with Gasteiger partial charge in [-0.3, -0.25) is 4.79 Å². The van der Waals surface area contributed by atoms with Gasteiger partial charge in [0.05, 0.1) is 0 Å². The summed E-state index contributed by atoms with van der Waals surface area (Å²) in [7, 11) is 0. The molecule has 0 unspecified atom stereocenters. The van der Waals surface area contributed by atoms with Gasteiger partial charge in [-0.1, -0.05) is 0 Å². The van der Waals surface area contributed by atoms with Crippen LogP contribution in [0.25, 0.3) is 0 Å².